The Bertz CT molecular complexity index is 764. The molecule has 1 aliphatic heterocycles. The average molecular weight is 317 g/mol. The highest BCUT2D eigenvalue weighted by molar-refractivity contribution is 7.99. The van der Waals surface area contributed by atoms with Crippen molar-refractivity contribution >= 4 is 34.0 Å². The van der Waals surface area contributed by atoms with Crippen molar-refractivity contribution in [3.63, 3.8) is 0 Å². The molecule has 1 amide bonds. The molecule has 0 unspecified atom stereocenters. The minimum Gasteiger partial charge on any atom is -0.306 e. The maximum Gasteiger partial charge on any atom is 0.228 e. The zero-order valence-electron chi connectivity index (χ0n) is 12.1. The van der Waals surface area contributed by atoms with E-state index < -0.39 is 0 Å². The van der Waals surface area contributed by atoms with Crippen LogP contribution in [0.5, 0.6) is 0 Å². The summed E-state index contributed by atoms with van der Waals surface area (Å²) in [5, 5.41) is 5.13. The van der Waals surface area contributed by atoms with Gasteiger partial charge in [0.05, 0.1) is 16.6 Å². The summed E-state index contributed by atoms with van der Waals surface area (Å²) in [5.74, 6) is 7.37. The van der Waals surface area contributed by atoms with Crippen LogP contribution < -0.4 is 4.90 Å². The molecule has 6 heteroatoms. The molecule has 21 heavy (non-hydrogen) atoms. The van der Waals surface area contributed by atoms with Crippen molar-refractivity contribution in [3.05, 3.63) is 28.4 Å². The number of nitrogens with zero attached hydrogens (tertiary/aromatic N) is 3. The summed E-state index contributed by atoms with van der Waals surface area (Å²) in [7, 11) is 3.72. The number of carbonyl (C=O) groups excluding carboxylic acids is 1. The van der Waals surface area contributed by atoms with Crippen LogP contribution in [-0.2, 0) is 11.8 Å². The van der Waals surface area contributed by atoms with Crippen molar-refractivity contribution in [3.8, 4) is 11.8 Å². The van der Waals surface area contributed by atoms with Crippen molar-refractivity contribution in [2.24, 2.45) is 7.05 Å². The Balaban J connectivity index is 1.99. The highest BCUT2D eigenvalue weighted by Crippen LogP contribution is 2.43. The minimum absolute atomic E-state index is 0.175. The van der Waals surface area contributed by atoms with Gasteiger partial charge in [0, 0.05) is 37.4 Å². The normalized spacial score (nSPS) is 14.4. The summed E-state index contributed by atoms with van der Waals surface area (Å²) in [5.41, 5.74) is 2.08. The van der Waals surface area contributed by atoms with Crippen LogP contribution in [0.4, 0.5) is 5.00 Å². The van der Waals surface area contributed by atoms with Gasteiger partial charge in [-0.05, 0) is 12.5 Å². The maximum absolute atomic E-state index is 12.0. The molecule has 0 bridgehead atoms. The van der Waals surface area contributed by atoms with Crippen LogP contribution >= 0.6 is 23.1 Å². The van der Waals surface area contributed by atoms with Crippen molar-refractivity contribution in [2.75, 3.05) is 17.7 Å². The first-order chi connectivity index (χ1) is 10.1. The van der Waals surface area contributed by atoms with E-state index in [1.54, 1.807) is 38.9 Å². The van der Waals surface area contributed by atoms with Crippen molar-refractivity contribution in [1.82, 2.24) is 9.78 Å². The number of aryl methyl sites for hydroxylation is 1. The fourth-order valence-corrected chi connectivity index (χ4v) is 4.59. The number of aromatic nitrogens is 2. The molecule has 2 aromatic rings. The first-order valence-electron chi connectivity index (χ1n) is 6.59. The van der Waals surface area contributed by atoms with Gasteiger partial charge in [0.25, 0.3) is 0 Å². The summed E-state index contributed by atoms with van der Waals surface area (Å²) >= 11 is 3.35. The summed E-state index contributed by atoms with van der Waals surface area (Å²) in [6.07, 6.45) is 4.25. The number of fused-ring (bicyclic) bond motifs is 1. The molecule has 0 spiro atoms. The van der Waals surface area contributed by atoms with Crippen molar-refractivity contribution in [1.29, 1.82) is 0 Å². The van der Waals surface area contributed by atoms with Crippen LogP contribution in [0.3, 0.4) is 0 Å². The lowest BCUT2D eigenvalue weighted by molar-refractivity contribution is -0.117. The van der Waals surface area contributed by atoms with E-state index in [4.69, 9.17) is 0 Å². The molecule has 0 aliphatic carbocycles. The highest BCUT2D eigenvalue weighted by atomic mass is 32.2. The number of hydrogen-bond acceptors (Lipinski definition) is 4. The van der Waals surface area contributed by atoms with Crippen LogP contribution in [-0.4, -0.2) is 28.5 Å². The molecule has 2 aromatic heterocycles. The first-order valence-corrected chi connectivity index (χ1v) is 8.40. The molecule has 3 rings (SSSR count). The fraction of sp³-hybridized carbons (Fsp3) is 0.333. The third kappa shape index (κ3) is 2.71. The van der Waals surface area contributed by atoms with E-state index in [0.717, 1.165) is 21.2 Å². The highest BCUT2D eigenvalue weighted by Gasteiger charge is 2.24. The molecule has 0 saturated heterocycles. The van der Waals surface area contributed by atoms with Crippen molar-refractivity contribution in [2.45, 2.75) is 18.2 Å². The second-order valence-electron chi connectivity index (χ2n) is 4.89. The number of carbonyl (C=O) groups is 1. The molecular formula is C15H15N3OS2. The topological polar surface area (TPSA) is 38.1 Å². The Hall–Kier alpha value is -1.71. The fourth-order valence-electron chi connectivity index (χ4n) is 2.13. The summed E-state index contributed by atoms with van der Waals surface area (Å²) in [6.45, 7) is 2.08. The number of rotatable bonds is 0. The SMILES string of the molecule is Cc1c(C#Cc2cnn(C)c2)sc2c1SCCC(=O)N2C. The third-order valence-corrected chi connectivity index (χ3v) is 5.95. The molecule has 108 valence electrons. The molecule has 0 fully saturated rings. The van der Waals surface area contributed by atoms with Crippen LogP contribution in [0.2, 0.25) is 0 Å². The summed E-state index contributed by atoms with van der Waals surface area (Å²) in [4.78, 5) is 15.9. The Kier molecular flexibility index (Phi) is 3.79. The smallest absolute Gasteiger partial charge is 0.228 e. The number of thioether (sulfide) groups is 1. The van der Waals surface area contributed by atoms with E-state index in [0.29, 0.717) is 6.42 Å². The lowest BCUT2D eigenvalue weighted by Gasteiger charge is -2.12. The summed E-state index contributed by atoms with van der Waals surface area (Å²) in [6, 6.07) is 0. The molecule has 0 N–H and O–H groups in total. The quantitative estimate of drug-likeness (QED) is 0.701. The predicted octanol–water partition coefficient (Wildman–Crippen LogP) is 2.65. The Labute approximate surface area is 132 Å². The molecule has 0 atom stereocenters. The number of anilines is 1. The largest absolute Gasteiger partial charge is 0.306 e. The molecular weight excluding hydrogens is 302 g/mol. The van der Waals surface area contributed by atoms with E-state index in [1.165, 1.54) is 10.5 Å². The third-order valence-electron chi connectivity index (χ3n) is 3.34. The van der Waals surface area contributed by atoms with E-state index in [2.05, 4.69) is 23.9 Å². The van der Waals surface area contributed by atoms with Crippen LogP contribution in [0, 0.1) is 18.8 Å². The van der Waals surface area contributed by atoms with Crippen LogP contribution in [0.15, 0.2) is 17.3 Å². The average Bonchev–Trinajstić information content (AvgIpc) is 2.97. The second-order valence-corrected chi connectivity index (χ2v) is 7.00. The summed E-state index contributed by atoms with van der Waals surface area (Å²) < 4.78 is 1.74. The predicted molar refractivity (Wildman–Crippen MR) is 87.0 cm³/mol. The van der Waals surface area contributed by atoms with Crippen LogP contribution in [0.25, 0.3) is 0 Å². The van der Waals surface area contributed by atoms with E-state index in [1.807, 2.05) is 20.3 Å². The number of hydrogen-bond donors (Lipinski definition) is 0. The van der Waals surface area contributed by atoms with Gasteiger partial charge in [0.2, 0.25) is 5.91 Å². The maximum atomic E-state index is 12.0. The lowest BCUT2D eigenvalue weighted by Crippen LogP contribution is -2.24. The molecule has 3 heterocycles. The molecule has 0 radical (unpaired) electrons. The van der Waals surface area contributed by atoms with Gasteiger partial charge in [-0.2, -0.15) is 5.10 Å². The van der Waals surface area contributed by atoms with Gasteiger partial charge in [0.15, 0.2) is 0 Å². The van der Waals surface area contributed by atoms with Gasteiger partial charge < -0.3 is 4.90 Å². The number of amides is 1. The zero-order chi connectivity index (χ0) is 15.0. The standard InChI is InChI=1S/C15H15N3OS2/c1-10-12(5-4-11-8-16-17(2)9-11)21-15-14(10)20-7-6-13(19)18(15)3/h8-9H,6-7H2,1-3H3. The Morgan fingerprint density at radius 3 is 2.86 bits per heavy atom. The Morgan fingerprint density at radius 1 is 1.33 bits per heavy atom. The second kappa shape index (κ2) is 5.58. The molecule has 1 aliphatic rings. The molecule has 0 aromatic carbocycles. The lowest BCUT2D eigenvalue weighted by atomic mass is 10.2. The van der Waals surface area contributed by atoms with Gasteiger partial charge in [0.1, 0.15) is 5.00 Å². The van der Waals surface area contributed by atoms with Crippen LogP contribution in [0.1, 0.15) is 22.4 Å². The van der Waals surface area contributed by atoms with Crippen molar-refractivity contribution < 1.29 is 4.79 Å². The monoisotopic (exact) mass is 317 g/mol. The molecule has 4 nitrogen and oxygen atoms in total. The minimum atomic E-state index is 0.175. The van der Waals surface area contributed by atoms with E-state index in [9.17, 15) is 4.79 Å². The van der Waals surface area contributed by atoms with Gasteiger partial charge in [-0.25, -0.2) is 0 Å². The van der Waals surface area contributed by atoms with E-state index >= 15 is 0 Å². The zero-order valence-corrected chi connectivity index (χ0v) is 13.8. The van der Waals surface area contributed by atoms with Gasteiger partial charge >= 0.3 is 0 Å². The first kappa shape index (κ1) is 14.2. The van der Waals surface area contributed by atoms with E-state index in [-0.39, 0.29) is 5.91 Å². The van der Waals surface area contributed by atoms with Gasteiger partial charge in [-0.3, -0.25) is 9.48 Å². The van der Waals surface area contributed by atoms with Gasteiger partial charge in [-0.15, -0.1) is 23.1 Å². The molecule has 0 saturated carbocycles. The number of thiophene rings is 1. The van der Waals surface area contributed by atoms with Gasteiger partial charge in [-0.1, -0.05) is 11.8 Å². The Morgan fingerprint density at radius 2 is 2.14 bits per heavy atom.